The van der Waals surface area contributed by atoms with Gasteiger partial charge in [0.2, 0.25) is 10.0 Å². The number of ether oxygens (including phenoxy) is 1. The molecule has 0 unspecified atom stereocenters. The van der Waals surface area contributed by atoms with Crippen LogP contribution in [0.25, 0.3) is 10.9 Å². The number of sulfonamides is 1. The molecular weight excluding hydrogens is 468 g/mol. The molecule has 1 aliphatic carbocycles. The van der Waals surface area contributed by atoms with Crippen LogP contribution in [0.5, 0.6) is 0 Å². The molecule has 10 heteroatoms. The minimum absolute atomic E-state index is 0.118. The number of hydrogen-bond acceptors (Lipinski definition) is 6. The normalized spacial score (nSPS) is 26.3. The molecule has 1 aromatic heterocycles. The fourth-order valence-corrected chi connectivity index (χ4v) is 6.32. The van der Waals surface area contributed by atoms with Crippen molar-refractivity contribution in [3.63, 3.8) is 0 Å². The van der Waals surface area contributed by atoms with Crippen molar-refractivity contribution in [1.29, 1.82) is 0 Å². The molecule has 2 aromatic rings. The quantitative estimate of drug-likeness (QED) is 0.595. The number of fused-ring (bicyclic) bond motifs is 1. The lowest BCUT2D eigenvalue weighted by atomic mass is 9.82. The molecule has 2 atom stereocenters. The van der Waals surface area contributed by atoms with E-state index in [0.29, 0.717) is 32.0 Å². The first-order chi connectivity index (χ1) is 16.4. The Bertz CT molecular complexity index is 1150. The maximum Gasteiger partial charge on any atom is 0.253 e. The third-order valence-corrected chi connectivity index (χ3v) is 8.10. The number of aromatic nitrogens is 2. The number of amides is 1. The number of likely N-dealkylation sites (tertiary alicyclic amines) is 1. The van der Waals surface area contributed by atoms with Crippen molar-refractivity contribution >= 4 is 26.8 Å². The Labute approximate surface area is 207 Å². The monoisotopic (exact) mass is 506 g/mol. The zero-order valence-corrected chi connectivity index (χ0v) is 21.9. The van der Waals surface area contributed by atoms with Gasteiger partial charge in [-0.15, -0.1) is 0 Å². The van der Waals surface area contributed by atoms with E-state index in [4.69, 9.17) is 4.74 Å². The van der Waals surface area contributed by atoms with Crippen LogP contribution in [-0.2, 0) is 26.6 Å². The van der Waals surface area contributed by atoms with Gasteiger partial charge in [0, 0.05) is 37.5 Å². The van der Waals surface area contributed by atoms with Crippen LogP contribution in [0, 0.1) is 5.92 Å². The molecule has 0 spiro atoms. The van der Waals surface area contributed by atoms with Gasteiger partial charge < -0.3 is 14.7 Å². The van der Waals surface area contributed by atoms with Crippen LogP contribution in [-0.4, -0.2) is 77.8 Å². The van der Waals surface area contributed by atoms with Crippen molar-refractivity contribution in [3.8, 4) is 0 Å². The Hall–Kier alpha value is -2.01. The summed E-state index contributed by atoms with van der Waals surface area (Å²) in [5.41, 5.74) is 1.02. The zero-order chi connectivity index (χ0) is 25.4. The van der Waals surface area contributed by atoms with Gasteiger partial charge in [-0.05, 0) is 69.6 Å². The molecule has 2 heterocycles. The molecule has 0 bridgehead atoms. The van der Waals surface area contributed by atoms with E-state index in [1.807, 2.05) is 17.9 Å². The van der Waals surface area contributed by atoms with E-state index in [-0.39, 0.29) is 24.0 Å². The van der Waals surface area contributed by atoms with E-state index >= 15 is 0 Å². The van der Waals surface area contributed by atoms with Crippen LogP contribution in [0.3, 0.4) is 0 Å². The predicted octanol–water partition coefficient (Wildman–Crippen LogP) is 2.15. The first-order valence-corrected chi connectivity index (χ1v) is 14.3. The highest BCUT2D eigenvalue weighted by atomic mass is 32.2. The Morgan fingerprint density at radius 2 is 1.94 bits per heavy atom. The number of aryl methyl sites for hydroxylation is 1. The molecule has 1 amide bonds. The lowest BCUT2D eigenvalue weighted by molar-refractivity contribution is -0.150. The second-order valence-electron chi connectivity index (χ2n) is 10.7. The van der Waals surface area contributed by atoms with Crippen LogP contribution in [0.2, 0.25) is 0 Å². The van der Waals surface area contributed by atoms with Gasteiger partial charge in [0.15, 0.2) is 0 Å². The summed E-state index contributed by atoms with van der Waals surface area (Å²) in [4.78, 5) is 14.2. The number of aliphatic hydroxyl groups is 1. The second kappa shape index (κ2) is 10.2. The molecule has 0 radical (unpaired) electrons. The molecule has 1 aromatic carbocycles. The van der Waals surface area contributed by atoms with E-state index in [2.05, 4.69) is 28.0 Å². The van der Waals surface area contributed by atoms with E-state index in [1.165, 1.54) is 19.4 Å². The van der Waals surface area contributed by atoms with Gasteiger partial charge >= 0.3 is 0 Å². The lowest BCUT2D eigenvalue weighted by Crippen LogP contribution is -2.57. The molecular formula is C25H38N4O5S. The van der Waals surface area contributed by atoms with E-state index in [9.17, 15) is 18.3 Å². The summed E-state index contributed by atoms with van der Waals surface area (Å²) in [6.45, 7) is 4.09. The fraction of sp³-hybridized carbons (Fsp3) is 0.680. The van der Waals surface area contributed by atoms with Crippen LogP contribution >= 0.6 is 0 Å². The molecule has 4 rings (SSSR count). The van der Waals surface area contributed by atoms with Crippen LogP contribution < -0.4 is 4.72 Å². The van der Waals surface area contributed by atoms with Crippen LogP contribution in [0.4, 0.5) is 0 Å². The largest absolute Gasteiger partial charge is 0.381 e. The molecule has 1 saturated carbocycles. The number of nitrogens with one attached hydrogen (secondary N) is 1. The number of piperidine rings is 1. The topological polar surface area (TPSA) is 114 Å². The van der Waals surface area contributed by atoms with Gasteiger partial charge in [-0.25, -0.2) is 13.1 Å². The summed E-state index contributed by atoms with van der Waals surface area (Å²) < 4.78 is 34.7. The number of carbonyl (C=O) groups excluding carboxylic acids is 1. The van der Waals surface area contributed by atoms with Crippen molar-refractivity contribution in [3.05, 3.63) is 30.0 Å². The molecule has 2 fully saturated rings. The van der Waals surface area contributed by atoms with Gasteiger partial charge in [-0.1, -0.05) is 6.07 Å². The summed E-state index contributed by atoms with van der Waals surface area (Å²) in [6.07, 6.45) is 7.64. The smallest absolute Gasteiger partial charge is 0.253 e. The summed E-state index contributed by atoms with van der Waals surface area (Å²) in [6, 6.07) is 6.29. The Morgan fingerprint density at radius 1 is 1.23 bits per heavy atom. The number of nitrogens with zero attached hydrogens (tertiary/aromatic N) is 3. The van der Waals surface area contributed by atoms with Gasteiger partial charge in [0.1, 0.15) is 5.60 Å². The van der Waals surface area contributed by atoms with Crippen molar-refractivity contribution in [2.45, 2.75) is 69.6 Å². The minimum atomic E-state index is -3.38. The minimum Gasteiger partial charge on any atom is -0.381 e. The van der Waals surface area contributed by atoms with Crippen molar-refractivity contribution in [2.24, 2.45) is 13.0 Å². The average molecular weight is 507 g/mol. The van der Waals surface area contributed by atoms with Gasteiger partial charge in [0.25, 0.3) is 5.91 Å². The summed E-state index contributed by atoms with van der Waals surface area (Å²) in [5, 5.41) is 15.6. The Morgan fingerprint density at radius 3 is 2.60 bits per heavy atom. The molecule has 1 saturated heterocycles. The summed E-state index contributed by atoms with van der Waals surface area (Å²) in [7, 11) is -1.43. The Balaban J connectivity index is 1.34. The third kappa shape index (κ3) is 6.41. The molecule has 2 aliphatic rings. The van der Waals surface area contributed by atoms with Gasteiger partial charge in [-0.3, -0.25) is 9.48 Å². The standard InChI is InChI=1S/C25H38N4O5S/c1-25(2,31)24(30)29-12-11-22(27-35(4,32)33)20(15-29)16-34-21-8-5-17(6-9-21)18-7-10-23-19(13-18)14-26-28(23)3/h7,10,13-14,17,20-22,27,31H,5-6,8-9,11-12,15-16H2,1-4H3/t17?,20-,21?,22-/m0/s1. The van der Waals surface area contributed by atoms with Crippen molar-refractivity contribution in [1.82, 2.24) is 19.4 Å². The molecule has 1 aliphatic heterocycles. The number of rotatable bonds is 7. The van der Waals surface area contributed by atoms with E-state index in [1.54, 1.807) is 4.90 Å². The fourth-order valence-electron chi connectivity index (χ4n) is 5.46. The highest BCUT2D eigenvalue weighted by Gasteiger charge is 2.38. The SMILES string of the molecule is Cn1ncc2cc(C3CCC(OC[C@@H]4CN(C(=O)C(C)(C)O)CC[C@@H]4NS(C)(=O)=O)CC3)ccc21. The molecule has 2 N–H and O–H groups in total. The number of benzene rings is 1. The lowest BCUT2D eigenvalue weighted by Gasteiger charge is -2.41. The van der Waals surface area contributed by atoms with Crippen LogP contribution in [0.1, 0.15) is 57.4 Å². The second-order valence-corrected chi connectivity index (χ2v) is 12.5. The molecule has 9 nitrogen and oxygen atoms in total. The van der Waals surface area contributed by atoms with E-state index in [0.717, 1.165) is 42.8 Å². The zero-order valence-electron chi connectivity index (χ0n) is 21.1. The summed E-state index contributed by atoms with van der Waals surface area (Å²) in [5.74, 6) is -0.0180. The van der Waals surface area contributed by atoms with Gasteiger partial charge in [-0.2, -0.15) is 5.10 Å². The van der Waals surface area contributed by atoms with Crippen molar-refractivity contribution in [2.75, 3.05) is 26.0 Å². The highest BCUT2D eigenvalue weighted by molar-refractivity contribution is 7.88. The maximum absolute atomic E-state index is 12.6. The molecule has 35 heavy (non-hydrogen) atoms. The first-order valence-electron chi connectivity index (χ1n) is 12.4. The Kier molecular flexibility index (Phi) is 7.57. The van der Waals surface area contributed by atoms with Crippen LogP contribution in [0.15, 0.2) is 24.4 Å². The molecule has 194 valence electrons. The van der Waals surface area contributed by atoms with Gasteiger partial charge in [0.05, 0.1) is 30.7 Å². The maximum atomic E-state index is 12.6. The third-order valence-electron chi connectivity index (χ3n) is 7.37. The highest BCUT2D eigenvalue weighted by Crippen LogP contribution is 2.35. The first kappa shape index (κ1) is 26.1. The average Bonchev–Trinajstić information content (AvgIpc) is 3.17. The summed E-state index contributed by atoms with van der Waals surface area (Å²) >= 11 is 0. The van der Waals surface area contributed by atoms with Crippen molar-refractivity contribution < 1.29 is 23.1 Å². The number of carbonyl (C=O) groups is 1. The predicted molar refractivity (Wildman–Crippen MR) is 134 cm³/mol. The number of hydrogen-bond donors (Lipinski definition) is 2. The van der Waals surface area contributed by atoms with E-state index < -0.39 is 15.6 Å².